The number of aliphatic hydroxyl groups excluding tert-OH is 1. The zero-order valence-corrected chi connectivity index (χ0v) is 25.5. The van der Waals surface area contributed by atoms with Crippen molar-refractivity contribution in [1.29, 1.82) is 0 Å². The van der Waals surface area contributed by atoms with E-state index in [1.54, 1.807) is 0 Å². The average molecular weight is 607 g/mol. The first-order valence-corrected chi connectivity index (χ1v) is 16.1. The van der Waals surface area contributed by atoms with Crippen LogP contribution in [0.5, 0.6) is 5.75 Å². The van der Waals surface area contributed by atoms with Crippen LogP contribution < -0.4 is 10.1 Å². The first kappa shape index (κ1) is 31.9. The number of alkyl carbamates (subject to hydrolysis) is 1. The number of nitrogens with one attached hydrogen (secondary N) is 1. The molecule has 2 aliphatic heterocycles. The van der Waals surface area contributed by atoms with E-state index in [0.717, 1.165) is 62.7 Å². The number of rotatable bonds is 7. The lowest BCUT2D eigenvalue weighted by atomic mass is 10.0. The van der Waals surface area contributed by atoms with Gasteiger partial charge < -0.3 is 34.3 Å². The summed E-state index contributed by atoms with van der Waals surface area (Å²) in [6.07, 6.45) is 9.52. The average Bonchev–Trinajstić information content (AvgIpc) is 3.62. The normalized spacial score (nSPS) is 24.3. The van der Waals surface area contributed by atoms with Crippen molar-refractivity contribution >= 4 is 12.2 Å². The van der Waals surface area contributed by atoms with Gasteiger partial charge in [-0.3, -0.25) is 0 Å². The van der Waals surface area contributed by atoms with Crippen LogP contribution in [-0.2, 0) is 27.2 Å². The minimum atomic E-state index is -1.06. The zero-order valence-electron chi connectivity index (χ0n) is 25.5. The Morgan fingerprint density at radius 2 is 1.77 bits per heavy atom. The maximum atomic E-state index is 13.4. The lowest BCUT2D eigenvalue weighted by molar-refractivity contribution is 0.0441. The summed E-state index contributed by atoms with van der Waals surface area (Å²) < 4.78 is 23.3. The van der Waals surface area contributed by atoms with Crippen LogP contribution in [0, 0.1) is 5.92 Å². The van der Waals surface area contributed by atoms with Crippen LogP contribution in [0.4, 0.5) is 9.59 Å². The van der Waals surface area contributed by atoms with E-state index in [4.69, 9.17) is 18.9 Å². The predicted octanol–water partition coefficient (Wildman–Crippen LogP) is 5.79. The zero-order chi connectivity index (χ0) is 30.6. The van der Waals surface area contributed by atoms with Gasteiger partial charge in [-0.2, -0.15) is 0 Å². The maximum Gasteiger partial charge on any atom is 0.410 e. The second-order valence-corrected chi connectivity index (χ2v) is 12.0. The number of carbonyl (C=O) groups is 2. The standard InChI is InChI=1S/C35H46N2O7/c38-31(30(21-26-13-7-6-8-14-26)36-34(39)44-29-22-27-17-20-42-33(27)23-29)24-37-18-11-4-2-1-3-5-12-19-41-32-16-10-9-15-28(32)25-43-35(37)40/h1-2,6-10,13-16,27,29-31,33,38H,3-5,11-12,17-25H2,(H,36,39)/t27?,29-,30+,31-,33-/m1/s1. The van der Waals surface area contributed by atoms with Crippen LogP contribution in [0.2, 0.25) is 0 Å². The van der Waals surface area contributed by atoms with Crippen molar-refractivity contribution in [2.75, 3.05) is 26.3 Å². The number of β-amino-alcohol motifs (C(OH)–C–C–N with tert-alkyl or cyclic N) is 1. The van der Waals surface area contributed by atoms with E-state index in [9.17, 15) is 14.7 Å². The number of fused-ring (bicyclic) bond motifs is 2. The van der Waals surface area contributed by atoms with E-state index in [1.165, 1.54) is 4.90 Å². The topological polar surface area (TPSA) is 107 Å². The molecule has 3 aliphatic rings. The molecule has 9 heteroatoms. The Hall–Kier alpha value is -3.56. The monoisotopic (exact) mass is 606 g/mol. The minimum Gasteiger partial charge on any atom is -0.493 e. The number of hydrogen-bond acceptors (Lipinski definition) is 7. The molecule has 1 unspecified atom stereocenters. The van der Waals surface area contributed by atoms with E-state index >= 15 is 0 Å². The largest absolute Gasteiger partial charge is 0.493 e. The molecule has 44 heavy (non-hydrogen) atoms. The molecule has 9 nitrogen and oxygen atoms in total. The molecule has 2 heterocycles. The third kappa shape index (κ3) is 9.47. The molecule has 2 N–H and O–H groups in total. The van der Waals surface area contributed by atoms with Crippen molar-refractivity contribution in [3.8, 4) is 5.75 Å². The molecule has 2 amide bonds. The van der Waals surface area contributed by atoms with Crippen molar-refractivity contribution in [2.45, 2.75) is 88.7 Å². The van der Waals surface area contributed by atoms with Gasteiger partial charge in [0.1, 0.15) is 18.5 Å². The minimum absolute atomic E-state index is 0.000108. The van der Waals surface area contributed by atoms with Crippen LogP contribution in [0.15, 0.2) is 66.7 Å². The lowest BCUT2D eigenvalue weighted by Crippen LogP contribution is -2.51. The van der Waals surface area contributed by atoms with Gasteiger partial charge in [0.15, 0.2) is 0 Å². The van der Waals surface area contributed by atoms with E-state index in [-0.39, 0.29) is 25.4 Å². The molecular weight excluding hydrogens is 560 g/mol. The number of allylic oxidation sites excluding steroid dienone is 2. The highest BCUT2D eigenvalue weighted by atomic mass is 16.6. The van der Waals surface area contributed by atoms with E-state index in [2.05, 4.69) is 17.5 Å². The first-order valence-electron chi connectivity index (χ1n) is 16.1. The van der Waals surface area contributed by atoms with Gasteiger partial charge in [-0.25, -0.2) is 9.59 Å². The van der Waals surface area contributed by atoms with E-state index in [0.29, 0.717) is 37.7 Å². The number of para-hydroxylation sites is 1. The van der Waals surface area contributed by atoms with Crippen molar-refractivity contribution in [3.63, 3.8) is 0 Å². The van der Waals surface area contributed by atoms with E-state index in [1.807, 2.05) is 54.6 Å². The molecule has 1 aliphatic carbocycles. The van der Waals surface area contributed by atoms with Gasteiger partial charge in [0.25, 0.3) is 0 Å². The number of ether oxygens (including phenoxy) is 4. The SMILES string of the molecule is O=C(N[C@@H](Cc1ccccc1)[C@H](O)CN1CCCC=CCCCCOc2ccccc2COC1=O)O[C@@H]1CC2CCO[C@@H]2C1. The maximum absolute atomic E-state index is 13.4. The van der Waals surface area contributed by atoms with E-state index < -0.39 is 24.3 Å². The second-order valence-electron chi connectivity index (χ2n) is 12.0. The third-order valence-corrected chi connectivity index (χ3v) is 8.72. The van der Waals surface area contributed by atoms with Crippen LogP contribution in [0.25, 0.3) is 0 Å². The Kier molecular flexibility index (Phi) is 11.9. The Bertz CT molecular complexity index is 1210. The Balaban J connectivity index is 1.25. The fraction of sp³-hybridized carbons (Fsp3) is 0.543. The van der Waals surface area contributed by atoms with Crippen molar-refractivity contribution in [2.24, 2.45) is 5.92 Å². The summed E-state index contributed by atoms with van der Waals surface area (Å²) in [5.74, 6) is 1.15. The molecule has 2 aromatic carbocycles. The molecule has 2 aromatic rings. The number of amides is 2. The number of carbonyl (C=O) groups excluding carboxylic acids is 2. The molecule has 5 atom stereocenters. The summed E-state index contributed by atoms with van der Waals surface area (Å²) in [6, 6.07) is 16.6. The number of hydrogen-bond donors (Lipinski definition) is 2. The highest BCUT2D eigenvalue weighted by molar-refractivity contribution is 5.69. The highest BCUT2D eigenvalue weighted by Gasteiger charge is 2.40. The Labute approximate surface area is 260 Å². The molecule has 1 saturated carbocycles. The summed E-state index contributed by atoms with van der Waals surface area (Å²) >= 11 is 0. The summed E-state index contributed by atoms with van der Waals surface area (Å²) in [5, 5.41) is 14.4. The number of benzene rings is 2. The summed E-state index contributed by atoms with van der Waals surface area (Å²) in [5.41, 5.74) is 1.75. The third-order valence-electron chi connectivity index (χ3n) is 8.72. The van der Waals surface area contributed by atoms with Crippen LogP contribution in [0.3, 0.4) is 0 Å². The first-order chi connectivity index (χ1) is 21.5. The molecule has 1 saturated heterocycles. The van der Waals surface area contributed by atoms with Gasteiger partial charge in [0.05, 0.1) is 31.4 Å². The molecule has 0 aromatic heterocycles. The summed E-state index contributed by atoms with van der Waals surface area (Å²) in [6.45, 7) is 1.85. The predicted molar refractivity (Wildman–Crippen MR) is 166 cm³/mol. The fourth-order valence-corrected chi connectivity index (χ4v) is 6.29. The quantitative estimate of drug-likeness (QED) is 0.384. The molecule has 2 fully saturated rings. The van der Waals surface area contributed by atoms with Crippen molar-refractivity contribution in [1.82, 2.24) is 10.2 Å². The molecule has 0 radical (unpaired) electrons. The van der Waals surface area contributed by atoms with Crippen molar-refractivity contribution < 1.29 is 33.6 Å². The molecule has 238 valence electrons. The van der Waals surface area contributed by atoms with Gasteiger partial charge in [-0.1, -0.05) is 60.7 Å². The van der Waals surface area contributed by atoms with Crippen LogP contribution >= 0.6 is 0 Å². The summed E-state index contributed by atoms with van der Waals surface area (Å²) in [7, 11) is 0. The molecular formula is C35H46N2O7. The van der Waals surface area contributed by atoms with Gasteiger partial charge in [0.2, 0.25) is 0 Å². The second kappa shape index (κ2) is 16.5. The molecule has 5 rings (SSSR count). The number of nitrogens with zero attached hydrogens (tertiary/aromatic N) is 1. The molecule has 0 bridgehead atoms. The number of cyclic esters (lactones) is 1. The Morgan fingerprint density at radius 3 is 2.61 bits per heavy atom. The van der Waals surface area contributed by atoms with Gasteiger partial charge in [-0.05, 0) is 68.9 Å². The van der Waals surface area contributed by atoms with Gasteiger partial charge in [-0.15, -0.1) is 0 Å². The van der Waals surface area contributed by atoms with Gasteiger partial charge in [0, 0.05) is 25.1 Å². The summed E-state index contributed by atoms with van der Waals surface area (Å²) in [4.78, 5) is 28.0. The smallest absolute Gasteiger partial charge is 0.410 e. The lowest BCUT2D eigenvalue weighted by Gasteiger charge is -2.30. The fourth-order valence-electron chi connectivity index (χ4n) is 6.29. The van der Waals surface area contributed by atoms with Crippen LogP contribution in [0.1, 0.15) is 62.5 Å². The van der Waals surface area contributed by atoms with Gasteiger partial charge >= 0.3 is 12.2 Å². The Morgan fingerprint density at radius 1 is 0.977 bits per heavy atom. The molecule has 0 spiro atoms. The van der Waals surface area contributed by atoms with Crippen LogP contribution in [-0.4, -0.2) is 72.8 Å². The number of aliphatic hydroxyl groups is 1. The van der Waals surface area contributed by atoms with Crippen molar-refractivity contribution in [3.05, 3.63) is 77.9 Å². The highest BCUT2D eigenvalue weighted by Crippen LogP contribution is 2.37.